The molecule has 1 rings (SSSR count). The maximum atomic E-state index is 4.48. The van der Waals surface area contributed by atoms with Gasteiger partial charge in [-0.1, -0.05) is 65.0 Å². The second-order valence-corrected chi connectivity index (χ2v) is 6.31. The molecule has 0 fully saturated rings. The summed E-state index contributed by atoms with van der Waals surface area (Å²) in [7, 11) is 1.90. The Hall–Kier alpha value is -1.37. The second kappa shape index (κ2) is 8.04. The molecular formula is C19H29N. The van der Waals surface area contributed by atoms with Crippen molar-refractivity contribution in [3.8, 4) is 0 Å². The van der Waals surface area contributed by atoms with Crippen molar-refractivity contribution in [1.29, 1.82) is 0 Å². The summed E-state index contributed by atoms with van der Waals surface area (Å²) in [5, 5.41) is 0. The van der Waals surface area contributed by atoms with Crippen molar-refractivity contribution in [2.45, 2.75) is 41.0 Å². The number of benzene rings is 1. The molecule has 0 aliphatic rings. The highest BCUT2D eigenvalue weighted by Gasteiger charge is 2.15. The highest BCUT2D eigenvalue weighted by Crippen LogP contribution is 2.29. The van der Waals surface area contributed by atoms with Gasteiger partial charge in [-0.2, -0.15) is 0 Å². The molecular weight excluding hydrogens is 242 g/mol. The van der Waals surface area contributed by atoms with Crippen LogP contribution in [0.15, 0.2) is 41.4 Å². The van der Waals surface area contributed by atoms with Crippen molar-refractivity contribution < 1.29 is 0 Å². The molecule has 1 atom stereocenters. The Morgan fingerprint density at radius 1 is 1.05 bits per heavy atom. The van der Waals surface area contributed by atoms with Gasteiger partial charge in [0.15, 0.2) is 0 Å². The van der Waals surface area contributed by atoms with Crippen LogP contribution in [0.2, 0.25) is 0 Å². The first-order valence-corrected chi connectivity index (χ1v) is 7.68. The van der Waals surface area contributed by atoms with Gasteiger partial charge < -0.3 is 0 Å². The second-order valence-electron chi connectivity index (χ2n) is 6.31. The summed E-state index contributed by atoms with van der Waals surface area (Å²) >= 11 is 0. The summed E-state index contributed by atoms with van der Waals surface area (Å²) in [5.74, 6) is 1.79. The van der Waals surface area contributed by atoms with Crippen LogP contribution in [-0.2, 0) is 0 Å². The molecule has 0 N–H and O–H groups in total. The average molecular weight is 271 g/mol. The summed E-state index contributed by atoms with van der Waals surface area (Å²) in [4.78, 5) is 4.48. The lowest BCUT2D eigenvalue weighted by molar-refractivity contribution is 0.518. The van der Waals surface area contributed by atoms with Gasteiger partial charge in [-0.05, 0) is 41.4 Å². The average Bonchev–Trinajstić information content (AvgIpc) is 2.43. The van der Waals surface area contributed by atoms with Crippen LogP contribution >= 0.6 is 0 Å². The Morgan fingerprint density at radius 3 is 2.10 bits per heavy atom. The molecule has 110 valence electrons. The molecule has 1 heteroatoms. The molecule has 0 spiro atoms. The number of aliphatic imine (C=N–C) groups is 1. The first kappa shape index (κ1) is 16.7. The standard InChI is InChI=1S/C19H29N/c1-14(2)12-18(20-6)13-19(16(5)15(3)4)17-10-8-7-9-11-17/h7-11,13-16H,12H2,1-6H3/b19-13+,20-18-/t16-/m1/s1. The Morgan fingerprint density at radius 2 is 1.65 bits per heavy atom. The van der Waals surface area contributed by atoms with Crippen molar-refractivity contribution in [3.05, 3.63) is 42.0 Å². The topological polar surface area (TPSA) is 12.4 Å². The molecule has 0 amide bonds. The number of hydrogen-bond acceptors (Lipinski definition) is 1. The summed E-state index contributed by atoms with van der Waals surface area (Å²) in [6, 6.07) is 10.7. The lowest BCUT2D eigenvalue weighted by atomic mass is 9.84. The van der Waals surface area contributed by atoms with E-state index in [-0.39, 0.29) is 0 Å². The summed E-state index contributed by atoms with van der Waals surface area (Å²) < 4.78 is 0. The SMILES string of the molecule is C/N=C(\C=C(\c1ccccc1)[C@H](C)C(C)C)CC(C)C. The van der Waals surface area contributed by atoms with Crippen LogP contribution in [0.5, 0.6) is 0 Å². The van der Waals surface area contributed by atoms with Crippen molar-refractivity contribution in [2.75, 3.05) is 7.05 Å². The van der Waals surface area contributed by atoms with Gasteiger partial charge in [-0.25, -0.2) is 0 Å². The zero-order valence-corrected chi connectivity index (χ0v) is 13.9. The maximum Gasteiger partial charge on any atom is 0.0350 e. The number of allylic oxidation sites excluding steroid dienone is 2. The summed E-state index contributed by atoms with van der Waals surface area (Å²) in [6.45, 7) is 11.4. The van der Waals surface area contributed by atoms with Crippen LogP contribution < -0.4 is 0 Å². The lowest BCUT2D eigenvalue weighted by Gasteiger charge is -2.21. The fraction of sp³-hybridized carbons (Fsp3) is 0.526. The minimum Gasteiger partial charge on any atom is -0.293 e. The molecule has 0 saturated heterocycles. The van der Waals surface area contributed by atoms with Crippen LogP contribution in [0, 0.1) is 17.8 Å². The van der Waals surface area contributed by atoms with E-state index in [1.807, 2.05) is 7.05 Å². The maximum absolute atomic E-state index is 4.48. The van der Waals surface area contributed by atoms with Crippen molar-refractivity contribution in [2.24, 2.45) is 22.7 Å². The van der Waals surface area contributed by atoms with Crippen LogP contribution in [-0.4, -0.2) is 12.8 Å². The Bertz CT molecular complexity index is 452. The number of rotatable bonds is 6. The van der Waals surface area contributed by atoms with Gasteiger partial charge in [0.2, 0.25) is 0 Å². The smallest absolute Gasteiger partial charge is 0.0350 e. The van der Waals surface area contributed by atoms with E-state index in [9.17, 15) is 0 Å². The molecule has 0 radical (unpaired) electrons. The highest BCUT2D eigenvalue weighted by molar-refractivity contribution is 6.01. The lowest BCUT2D eigenvalue weighted by Crippen LogP contribution is -2.10. The van der Waals surface area contributed by atoms with E-state index < -0.39 is 0 Å². The number of nitrogens with zero attached hydrogens (tertiary/aromatic N) is 1. The minimum absolute atomic E-state index is 0.529. The molecule has 0 aliphatic carbocycles. The van der Waals surface area contributed by atoms with Gasteiger partial charge in [0.25, 0.3) is 0 Å². The summed E-state index contributed by atoms with van der Waals surface area (Å²) in [6.07, 6.45) is 3.34. The quantitative estimate of drug-likeness (QED) is 0.608. The Balaban J connectivity index is 3.17. The molecule has 20 heavy (non-hydrogen) atoms. The third-order valence-electron chi connectivity index (χ3n) is 3.82. The normalized spacial score (nSPS) is 15.0. The van der Waals surface area contributed by atoms with Gasteiger partial charge in [-0.3, -0.25) is 4.99 Å². The van der Waals surface area contributed by atoms with Crippen LogP contribution in [0.1, 0.15) is 46.6 Å². The van der Waals surface area contributed by atoms with Gasteiger partial charge in [-0.15, -0.1) is 0 Å². The first-order valence-electron chi connectivity index (χ1n) is 7.68. The fourth-order valence-electron chi connectivity index (χ4n) is 2.28. The monoisotopic (exact) mass is 271 g/mol. The molecule has 0 aromatic heterocycles. The third-order valence-corrected chi connectivity index (χ3v) is 3.82. The van der Waals surface area contributed by atoms with E-state index in [0.717, 1.165) is 6.42 Å². The predicted octanol–water partition coefficient (Wildman–Crippen LogP) is 5.48. The van der Waals surface area contributed by atoms with Gasteiger partial charge in [0, 0.05) is 12.8 Å². The van der Waals surface area contributed by atoms with E-state index in [1.165, 1.54) is 16.8 Å². The fourth-order valence-corrected chi connectivity index (χ4v) is 2.28. The van der Waals surface area contributed by atoms with Crippen molar-refractivity contribution >= 4 is 11.3 Å². The van der Waals surface area contributed by atoms with Gasteiger partial charge in [0.05, 0.1) is 0 Å². The van der Waals surface area contributed by atoms with E-state index in [4.69, 9.17) is 0 Å². The molecule has 1 nitrogen and oxygen atoms in total. The van der Waals surface area contributed by atoms with Crippen LogP contribution in [0.3, 0.4) is 0 Å². The Labute approximate surface area is 124 Å². The largest absolute Gasteiger partial charge is 0.293 e. The van der Waals surface area contributed by atoms with E-state index in [2.05, 4.69) is 76.0 Å². The minimum atomic E-state index is 0.529. The van der Waals surface area contributed by atoms with Crippen LogP contribution in [0.25, 0.3) is 5.57 Å². The van der Waals surface area contributed by atoms with E-state index in [0.29, 0.717) is 17.8 Å². The molecule has 0 heterocycles. The molecule has 0 unspecified atom stereocenters. The molecule has 0 saturated carbocycles. The van der Waals surface area contributed by atoms with E-state index >= 15 is 0 Å². The summed E-state index contributed by atoms with van der Waals surface area (Å²) in [5.41, 5.74) is 3.92. The zero-order valence-electron chi connectivity index (χ0n) is 13.9. The number of hydrogen-bond donors (Lipinski definition) is 0. The van der Waals surface area contributed by atoms with Gasteiger partial charge >= 0.3 is 0 Å². The molecule has 1 aromatic rings. The Kier molecular flexibility index (Phi) is 6.70. The molecule has 1 aromatic carbocycles. The highest BCUT2D eigenvalue weighted by atomic mass is 14.7. The van der Waals surface area contributed by atoms with Crippen molar-refractivity contribution in [1.82, 2.24) is 0 Å². The zero-order chi connectivity index (χ0) is 15.1. The molecule has 0 bridgehead atoms. The van der Waals surface area contributed by atoms with Crippen molar-refractivity contribution in [3.63, 3.8) is 0 Å². The molecule has 0 aliphatic heterocycles. The van der Waals surface area contributed by atoms with E-state index in [1.54, 1.807) is 0 Å². The predicted molar refractivity (Wildman–Crippen MR) is 91.2 cm³/mol. The van der Waals surface area contributed by atoms with Crippen LogP contribution in [0.4, 0.5) is 0 Å². The first-order chi connectivity index (χ1) is 9.45. The third kappa shape index (κ3) is 4.96. The van der Waals surface area contributed by atoms with Gasteiger partial charge in [0.1, 0.15) is 0 Å².